The molecule has 2 amide bonds. The van der Waals surface area contributed by atoms with Gasteiger partial charge in [0.05, 0.1) is 0 Å². The lowest BCUT2D eigenvalue weighted by Gasteiger charge is -2.32. The molecule has 26 heavy (non-hydrogen) atoms. The number of furan rings is 1. The Morgan fingerprint density at radius 2 is 1.85 bits per heavy atom. The molecule has 0 unspecified atom stereocenters. The fraction of sp³-hybridized carbons (Fsp3) is 0.368. The summed E-state index contributed by atoms with van der Waals surface area (Å²) in [6.07, 6.45) is 2.69. The molecule has 3 rings (SSSR count). The van der Waals surface area contributed by atoms with Crippen LogP contribution in [-0.2, 0) is 11.2 Å². The Kier molecular flexibility index (Phi) is 6.38. The van der Waals surface area contributed by atoms with Crippen LogP contribution < -0.4 is 5.32 Å². The van der Waals surface area contributed by atoms with Gasteiger partial charge in [-0.2, -0.15) is 0 Å². The zero-order valence-electron chi connectivity index (χ0n) is 14.2. The number of hydrogen-bond acceptors (Lipinski definition) is 3. The van der Waals surface area contributed by atoms with Crippen molar-refractivity contribution < 1.29 is 14.0 Å². The number of hydrogen-bond donors (Lipinski definition) is 1. The molecule has 5 nitrogen and oxygen atoms in total. The summed E-state index contributed by atoms with van der Waals surface area (Å²) in [6.45, 7) is 1.32. The number of aryl methyl sites for hydroxylation is 1. The predicted molar refractivity (Wildman–Crippen MR) is 103 cm³/mol. The number of nitrogens with zero attached hydrogens (tertiary/aromatic N) is 1. The van der Waals surface area contributed by atoms with Gasteiger partial charge in [0.15, 0.2) is 10.4 Å². The summed E-state index contributed by atoms with van der Waals surface area (Å²) in [7, 11) is 0. The largest absolute Gasteiger partial charge is 0.444 e. The molecule has 1 aliphatic rings. The zero-order chi connectivity index (χ0) is 18.5. The first-order chi connectivity index (χ1) is 12.5. The molecule has 0 radical (unpaired) electrons. The lowest BCUT2D eigenvalue weighted by molar-refractivity contribution is -0.132. The van der Waals surface area contributed by atoms with Gasteiger partial charge in [0.2, 0.25) is 5.91 Å². The summed E-state index contributed by atoms with van der Waals surface area (Å²) in [4.78, 5) is 26.4. The van der Waals surface area contributed by atoms with Crippen LogP contribution in [0.15, 0.2) is 45.5 Å². The van der Waals surface area contributed by atoms with Gasteiger partial charge in [0, 0.05) is 30.6 Å². The Bertz CT molecular complexity index is 767. The van der Waals surface area contributed by atoms with Gasteiger partial charge in [-0.1, -0.05) is 23.7 Å². The van der Waals surface area contributed by atoms with E-state index < -0.39 is 0 Å². The Balaban J connectivity index is 1.42. The van der Waals surface area contributed by atoms with Gasteiger partial charge < -0.3 is 14.6 Å². The Morgan fingerprint density at radius 1 is 1.15 bits per heavy atom. The molecule has 0 spiro atoms. The van der Waals surface area contributed by atoms with Gasteiger partial charge in [0.25, 0.3) is 5.91 Å². The molecule has 0 atom stereocenters. The van der Waals surface area contributed by atoms with Crippen molar-refractivity contribution in [2.75, 3.05) is 13.1 Å². The number of nitrogens with one attached hydrogen (secondary N) is 1. The van der Waals surface area contributed by atoms with Gasteiger partial charge in [0.1, 0.15) is 0 Å². The predicted octanol–water partition coefficient (Wildman–Crippen LogP) is 4.05. The van der Waals surface area contributed by atoms with E-state index in [9.17, 15) is 9.59 Å². The maximum atomic E-state index is 12.4. The van der Waals surface area contributed by atoms with E-state index in [4.69, 9.17) is 16.0 Å². The summed E-state index contributed by atoms with van der Waals surface area (Å²) in [5, 5.41) is 3.67. The van der Waals surface area contributed by atoms with Gasteiger partial charge in [-0.05, 0) is 65.0 Å². The molecular formula is C19H20BrClN2O3. The highest BCUT2D eigenvalue weighted by Gasteiger charge is 2.24. The van der Waals surface area contributed by atoms with Crippen LogP contribution in [0.4, 0.5) is 0 Å². The van der Waals surface area contributed by atoms with E-state index >= 15 is 0 Å². The highest BCUT2D eigenvalue weighted by Crippen LogP contribution is 2.17. The van der Waals surface area contributed by atoms with Crippen molar-refractivity contribution in [3.05, 3.63) is 57.4 Å². The number of amides is 2. The van der Waals surface area contributed by atoms with Crippen LogP contribution in [0.2, 0.25) is 5.02 Å². The average Bonchev–Trinajstić information content (AvgIpc) is 3.08. The molecule has 7 heteroatoms. The van der Waals surface area contributed by atoms with Crippen LogP contribution in [0.5, 0.6) is 0 Å². The second-order valence-electron chi connectivity index (χ2n) is 6.36. The molecule has 2 aromatic rings. The number of halogens is 2. The topological polar surface area (TPSA) is 62.6 Å². The molecule has 138 valence electrons. The first-order valence-corrected chi connectivity index (χ1v) is 9.77. The van der Waals surface area contributed by atoms with Gasteiger partial charge >= 0.3 is 0 Å². The van der Waals surface area contributed by atoms with Crippen molar-refractivity contribution >= 4 is 39.3 Å². The Hall–Kier alpha value is -1.79. The van der Waals surface area contributed by atoms with Crippen molar-refractivity contribution in [3.8, 4) is 0 Å². The molecule has 1 saturated heterocycles. The van der Waals surface area contributed by atoms with Crippen molar-refractivity contribution in [1.82, 2.24) is 10.2 Å². The molecule has 1 N–H and O–H groups in total. The quantitative estimate of drug-likeness (QED) is 0.764. The minimum atomic E-state index is -0.219. The third-order valence-electron chi connectivity index (χ3n) is 4.52. The van der Waals surface area contributed by atoms with Gasteiger partial charge in [-0.15, -0.1) is 0 Å². The van der Waals surface area contributed by atoms with Crippen LogP contribution in [0, 0.1) is 0 Å². The number of carbonyl (C=O) groups excluding carboxylic acids is 2. The van der Waals surface area contributed by atoms with E-state index in [0.717, 1.165) is 18.4 Å². The average molecular weight is 440 g/mol. The van der Waals surface area contributed by atoms with E-state index in [-0.39, 0.29) is 17.9 Å². The van der Waals surface area contributed by atoms with E-state index in [2.05, 4.69) is 21.2 Å². The fourth-order valence-corrected chi connectivity index (χ4v) is 3.46. The van der Waals surface area contributed by atoms with Crippen molar-refractivity contribution in [3.63, 3.8) is 0 Å². The standard InChI is InChI=1S/C19H20BrClN2O3/c20-17-7-6-16(26-17)19(25)22-15-9-11-23(12-10-15)18(24)8-3-13-1-4-14(21)5-2-13/h1-2,4-7,15H,3,8-12H2,(H,22,25). The van der Waals surface area contributed by atoms with Crippen LogP contribution in [0.3, 0.4) is 0 Å². The maximum Gasteiger partial charge on any atom is 0.287 e. The minimum absolute atomic E-state index is 0.0618. The third-order valence-corrected chi connectivity index (χ3v) is 5.20. The highest BCUT2D eigenvalue weighted by molar-refractivity contribution is 9.10. The molecule has 0 bridgehead atoms. The van der Waals surface area contributed by atoms with E-state index in [1.54, 1.807) is 12.1 Å². The zero-order valence-corrected chi connectivity index (χ0v) is 16.6. The highest BCUT2D eigenvalue weighted by atomic mass is 79.9. The van der Waals surface area contributed by atoms with Crippen LogP contribution in [0.25, 0.3) is 0 Å². The molecule has 1 aromatic heterocycles. The fourth-order valence-electron chi connectivity index (χ4n) is 3.03. The van der Waals surface area contributed by atoms with Crippen molar-refractivity contribution in [2.24, 2.45) is 0 Å². The van der Waals surface area contributed by atoms with Crippen molar-refractivity contribution in [1.29, 1.82) is 0 Å². The van der Waals surface area contributed by atoms with Crippen LogP contribution in [0.1, 0.15) is 35.4 Å². The molecule has 2 heterocycles. The smallest absolute Gasteiger partial charge is 0.287 e. The Morgan fingerprint density at radius 3 is 2.46 bits per heavy atom. The van der Waals surface area contributed by atoms with Crippen LogP contribution in [-0.4, -0.2) is 35.8 Å². The molecule has 0 saturated carbocycles. The van der Waals surface area contributed by atoms with E-state index in [1.807, 2.05) is 29.2 Å². The first-order valence-electron chi connectivity index (χ1n) is 8.59. The second kappa shape index (κ2) is 8.73. The number of benzene rings is 1. The van der Waals surface area contributed by atoms with Gasteiger partial charge in [-0.3, -0.25) is 9.59 Å². The maximum absolute atomic E-state index is 12.4. The molecule has 1 aliphatic heterocycles. The van der Waals surface area contributed by atoms with E-state index in [1.165, 1.54) is 0 Å². The second-order valence-corrected chi connectivity index (χ2v) is 7.58. The molecule has 0 aliphatic carbocycles. The number of rotatable bonds is 5. The summed E-state index contributed by atoms with van der Waals surface area (Å²) >= 11 is 9.06. The normalized spacial score (nSPS) is 15.1. The number of carbonyl (C=O) groups is 2. The summed E-state index contributed by atoms with van der Waals surface area (Å²) in [5.41, 5.74) is 1.11. The molecule has 1 aromatic carbocycles. The molecular weight excluding hydrogens is 420 g/mol. The lowest BCUT2D eigenvalue weighted by atomic mass is 10.0. The number of likely N-dealkylation sites (tertiary alicyclic amines) is 1. The van der Waals surface area contributed by atoms with Crippen molar-refractivity contribution in [2.45, 2.75) is 31.7 Å². The molecule has 1 fully saturated rings. The minimum Gasteiger partial charge on any atom is -0.444 e. The summed E-state index contributed by atoms with van der Waals surface area (Å²) in [5.74, 6) is 0.223. The third kappa shape index (κ3) is 5.11. The number of piperidine rings is 1. The first kappa shape index (κ1) is 19.0. The lowest BCUT2D eigenvalue weighted by Crippen LogP contribution is -2.46. The summed E-state index contributed by atoms with van der Waals surface area (Å²) < 4.78 is 5.79. The van der Waals surface area contributed by atoms with E-state index in [0.29, 0.717) is 41.4 Å². The Labute approximate surface area is 165 Å². The van der Waals surface area contributed by atoms with Crippen LogP contribution >= 0.6 is 27.5 Å². The summed E-state index contributed by atoms with van der Waals surface area (Å²) in [6, 6.07) is 11.0. The monoisotopic (exact) mass is 438 g/mol. The SMILES string of the molecule is O=C(NC1CCN(C(=O)CCc2ccc(Cl)cc2)CC1)c1ccc(Br)o1. The van der Waals surface area contributed by atoms with Gasteiger partial charge in [-0.25, -0.2) is 0 Å².